The van der Waals surface area contributed by atoms with Crippen LogP contribution in [0.25, 0.3) is 0 Å². The number of hydrogen-bond donors (Lipinski definition) is 1. The van der Waals surface area contributed by atoms with Gasteiger partial charge in [0.1, 0.15) is 5.75 Å². The van der Waals surface area contributed by atoms with Crippen molar-refractivity contribution in [1.82, 2.24) is 0 Å². The highest BCUT2D eigenvalue weighted by Crippen LogP contribution is 2.34. The number of anilines is 3. The lowest BCUT2D eigenvalue weighted by molar-refractivity contribution is -0.118. The third-order valence-electron chi connectivity index (χ3n) is 4.46. The summed E-state index contributed by atoms with van der Waals surface area (Å²) in [5, 5.41) is 2.87. The van der Waals surface area contributed by atoms with Gasteiger partial charge in [-0.15, -0.1) is 0 Å². The van der Waals surface area contributed by atoms with E-state index in [4.69, 9.17) is 4.74 Å². The van der Waals surface area contributed by atoms with Gasteiger partial charge in [-0.05, 0) is 54.4 Å². The van der Waals surface area contributed by atoms with Gasteiger partial charge in [0.15, 0.2) is 6.61 Å². The van der Waals surface area contributed by atoms with Gasteiger partial charge >= 0.3 is 0 Å². The molecule has 3 aromatic rings. The molecule has 0 spiro atoms. The number of nitrogens with one attached hydrogen (secondary N) is 1. The monoisotopic (exact) mass is 344 g/mol. The minimum Gasteiger partial charge on any atom is -0.484 e. The Kier molecular flexibility index (Phi) is 4.56. The maximum atomic E-state index is 12.0. The summed E-state index contributed by atoms with van der Waals surface area (Å²) < 4.78 is 5.46. The number of nitrogens with zero attached hydrogens (tertiary/aromatic N) is 1. The Morgan fingerprint density at radius 3 is 2.46 bits per heavy atom. The molecular formula is C22H20N2O2. The van der Waals surface area contributed by atoms with E-state index in [2.05, 4.69) is 34.5 Å². The van der Waals surface area contributed by atoms with E-state index in [0.29, 0.717) is 5.75 Å². The van der Waals surface area contributed by atoms with Crippen LogP contribution in [0.5, 0.6) is 5.75 Å². The van der Waals surface area contributed by atoms with Gasteiger partial charge in [-0.25, -0.2) is 0 Å². The second-order valence-corrected chi connectivity index (χ2v) is 6.23. The first-order valence-electron chi connectivity index (χ1n) is 8.73. The Bertz CT molecular complexity index is 892. The predicted molar refractivity (Wildman–Crippen MR) is 104 cm³/mol. The molecule has 0 atom stereocenters. The van der Waals surface area contributed by atoms with Crippen molar-refractivity contribution in [2.75, 3.05) is 23.4 Å². The molecule has 0 bridgehead atoms. The fourth-order valence-corrected chi connectivity index (χ4v) is 3.19. The van der Waals surface area contributed by atoms with E-state index < -0.39 is 0 Å². The maximum Gasteiger partial charge on any atom is 0.262 e. The van der Waals surface area contributed by atoms with Gasteiger partial charge in [-0.2, -0.15) is 0 Å². The number of fused-ring (bicyclic) bond motifs is 1. The topological polar surface area (TPSA) is 41.6 Å². The van der Waals surface area contributed by atoms with Crippen molar-refractivity contribution < 1.29 is 9.53 Å². The highest BCUT2D eigenvalue weighted by Gasteiger charge is 2.19. The molecule has 4 rings (SSSR count). The van der Waals surface area contributed by atoms with Crippen molar-refractivity contribution in [3.05, 3.63) is 84.4 Å². The zero-order valence-electron chi connectivity index (χ0n) is 14.4. The maximum absolute atomic E-state index is 12.0. The van der Waals surface area contributed by atoms with Crippen LogP contribution in [-0.4, -0.2) is 19.1 Å². The third kappa shape index (κ3) is 3.54. The molecule has 1 aliphatic heterocycles. The minimum absolute atomic E-state index is 0.00867. The van der Waals surface area contributed by atoms with Crippen LogP contribution >= 0.6 is 0 Å². The van der Waals surface area contributed by atoms with Gasteiger partial charge in [-0.3, -0.25) is 4.79 Å². The van der Waals surface area contributed by atoms with Crippen LogP contribution in [0.15, 0.2) is 78.9 Å². The molecule has 0 radical (unpaired) electrons. The highest BCUT2D eigenvalue weighted by atomic mass is 16.5. The van der Waals surface area contributed by atoms with E-state index in [9.17, 15) is 4.79 Å². The molecule has 1 amide bonds. The van der Waals surface area contributed by atoms with E-state index in [1.54, 1.807) is 0 Å². The molecule has 0 saturated carbocycles. The zero-order chi connectivity index (χ0) is 17.8. The normalized spacial score (nSPS) is 12.5. The second-order valence-electron chi connectivity index (χ2n) is 6.23. The van der Waals surface area contributed by atoms with Crippen molar-refractivity contribution in [1.29, 1.82) is 0 Å². The van der Waals surface area contributed by atoms with Crippen LogP contribution < -0.4 is 15.0 Å². The smallest absolute Gasteiger partial charge is 0.262 e. The summed E-state index contributed by atoms with van der Waals surface area (Å²) in [5.74, 6) is 0.513. The van der Waals surface area contributed by atoms with Gasteiger partial charge in [0.25, 0.3) is 5.91 Å². The fourth-order valence-electron chi connectivity index (χ4n) is 3.19. The molecule has 0 unspecified atom stereocenters. The lowest BCUT2D eigenvalue weighted by Crippen LogP contribution is -2.20. The van der Waals surface area contributed by atoms with Crippen molar-refractivity contribution in [3.63, 3.8) is 0 Å². The van der Waals surface area contributed by atoms with Crippen molar-refractivity contribution in [2.45, 2.75) is 6.42 Å². The van der Waals surface area contributed by atoms with Crippen molar-refractivity contribution >= 4 is 23.0 Å². The Hall–Kier alpha value is -3.27. The number of ether oxygens (including phenoxy) is 1. The number of hydrogen-bond acceptors (Lipinski definition) is 3. The van der Waals surface area contributed by atoms with Crippen LogP contribution in [0.1, 0.15) is 5.56 Å². The second kappa shape index (κ2) is 7.31. The van der Waals surface area contributed by atoms with Crippen LogP contribution in [0.4, 0.5) is 17.1 Å². The number of para-hydroxylation sites is 2. The fraction of sp³-hybridized carbons (Fsp3) is 0.136. The van der Waals surface area contributed by atoms with E-state index in [-0.39, 0.29) is 12.5 Å². The molecule has 0 aromatic heterocycles. The average molecular weight is 344 g/mol. The number of carbonyl (C=O) groups excluding carboxylic acids is 1. The molecule has 3 aromatic carbocycles. The highest BCUT2D eigenvalue weighted by molar-refractivity contribution is 5.92. The molecule has 1 heterocycles. The Balaban J connectivity index is 1.37. The molecule has 0 aliphatic carbocycles. The molecule has 1 N–H and O–H groups in total. The molecule has 0 fully saturated rings. The summed E-state index contributed by atoms with van der Waals surface area (Å²) in [6, 6.07) is 25.7. The molecule has 1 aliphatic rings. The Labute approximate surface area is 153 Å². The van der Waals surface area contributed by atoms with E-state index >= 15 is 0 Å². The SMILES string of the molecule is O=C(COc1ccccc1)Nc1ccc(N2CCc3ccccc32)cc1. The zero-order valence-corrected chi connectivity index (χ0v) is 14.4. The lowest BCUT2D eigenvalue weighted by atomic mass is 10.2. The minimum atomic E-state index is -0.173. The van der Waals surface area contributed by atoms with E-state index in [0.717, 1.165) is 24.3 Å². The molecular weight excluding hydrogens is 324 g/mol. The van der Waals surface area contributed by atoms with Crippen LogP contribution in [0.2, 0.25) is 0 Å². The largest absolute Gasteiger partial charge is 0.484 e. The first kappa shape index (κ1) is 16.2. The standard InChI is InChI=1S/C22H20N2O2/c25-22(16-26-20-7-2-1-3-8-20)23-18-10-12-19(13-11-18)24-15-14-17-6-4-5-9-21(17)24/h1-13H,14-16H2,(H,23,25). The summed E-state index contributed by atoms with van der Waals surface area (Å²) in [7, 11) is 0. The number of rotatable bonds is 5. The number of benzene rings is 3. The summed E-state index contributed by atoms with van der Waals surface area (Å²) in [6.45, 7) is 0.973. The summed E-state index contributed by atoms with van der Waals surface area (Å²) in [4.78, 5) is 14.3. The van der Waals surface area contributed by atoms with Crippen molar-refractivity contribution in [3.8, 4) is 5.75 Å². The van der Waals surface area contributed by atoms with Gasteiger partial charge in [0.2, 0.25) is 0 Å². The Morgan fingerprint density at radius 1 is 0.923 bits per heavy atom. The number of amides is 1. The lowest BCUT2D eigenvalue weighted by Gasteiger charge is -2.20. The van der Waals surface area contributed by atoms with Gasteiger partial charge in [0.05, 0.1) is 0 Å². The van der Waals surface area contributed by atoms with Gasteiger partial charge in [0, 0.05) is 23.6 Å². The van der Waals surface area contributed by atoms with Gasteiger partial charge in [-0.1, -0.05) is 36.4 Å². The molecule has 26 heavy (non-hydrogen) atoms. The van der Waals surface area contributed by atoms with Crippen LogP contribution in [0, 0.1) is 0 Å². The third-order valence-corrected chi connectivity index (χ3v) is 4.46. The summed E-state index contributed by atoms with van der Waals surface area (Å²) in [5.41, 5.74) is 4.54. The summed E-state index contributed by atoms with van der Waals surface area (Å²) in [6.07, 6.45) is 1.06. The summed E-state index contributed by atoms with van der Waals surface area (Å²) >= 11 is 0. The van der Waals surface area contributed by atoms with Crippen molar-refractivity contribution in [2.24, 2.45) is 0 Å². The molecule has 4 heteroatoms. The predicted octanol–water partition coefficient (Wildman–Crippen LogP) is 4.40. The van der Waals surface area contributed by atoms with E-state index in [1.807, 2.05) is 54.6 Å². The van der Waals surface area contributed by atoms with Crippen LogP contribution in [0.3, 0.4) is 0 Å². The molecule has 4 nitrogen and oxygen atoms in total. The quantitative estimate of drug-likeness (QED) is 0.746. The first-order valence-corrected chi connectivity index (χ1v) is 8.73. The van der Waals surface area contributed by atoms with Crippen LogP contribution in [-0.2, 0) is 11.2 Å². The first-order chi connectivity index (χ1) is 12.8. The molecule has 0 saturated heterocycles. The Morgan fingerprint density at radius 2 is 1.65 bits per heavy atom. The van der Waals surface area contributed by atoms with E-state index in [1.165, 1.54) is 11.3 Å². The van der Waals surface area contributed by atoms with Gasteiger partial charge < -0.3 is 15.0 Å². The molecule has 130 valence electrons. The average Bonchev–Trinajstić information content (AvgIpc) is 3.12. The number of carbonyl (C=O) groups is 1.